The normalized spacial score (nSPS) is 16.8. The van der Waals surface area contributed by atoms with Crippen molar-refractivity contribution in [1.29, 1.82) is 0 Å². The Bertz CT molecular complexity index is 959. The van der Waals surface area contributed by atoms with Crippen molar-refractivity contribution in [1.82, 2.24) is 0 Å². The highest BCUT2D eigenvalue weighted by molar-refractivity contribution is 8.00. The van der Waals surface area contributed by atoms with Crippen molar-refractivity contribution in [2.24, 2.45) is 0 Å². The van der Waals surface area contributed by atoms with E-state index in [0.29, 0.717) is 17.8 Å². The number of sulfone groups is 1. The molecule has 0 radical (unpaired) electrons. The molecule has 1 aliphatic rings. The van der Waals surface area contributed by atoms with Crippen molar-refractivity contribution < 1.29 is 18.0 Å². The van der Waals surface area contributed by atoms with Crippen LogP contribution in [0.2, 0.25) is 0 Å². The van der Waals surface area contributed by atoms with Gasteiger partial charge in [-0.25, -0.2) is 8.42 Å². The molecule has 8 heteroatoms. The van der Waals surface area contributed by atoms with Gasteiger partial charge in [0, 0.05) is 28.7 Å². The molecule has 0 spiro atoms. The fraction of sp³-hybridized carbons (Fsp3) is 0.263. The number of carbonyl (C=O) groups excluding carboxylic acids is 2. The number of rotatable bonds is 5. The summed E-state index contributed by atoms with van der Waals surface area (Å²) in [5, 5.41) is 5.55. The summed E-state index contributed by atoms with van der Waals surface area (Å²) in [4.78, 5) is 24.8. The maximum atomic E-state index is 12.6. The van der Waals surface area contributed by atoms with Gasteiger partial charge in [0.15, 0.2) is 9.84 Å². The van der Waals surface area contributed by atoms with Crippen LogP contribution in [0.4, 0.5) is 11.4 Å². The Labute approximate surface area is 162 Å². The third-order valence-corrected chi connectivity index (χ3v) is 6.93. The van der Waals surface area contributed by atoms with Crippen LogP contribution >= 0.6 is 11.8 Å². The van der Waals surface area contributed by atoms with Gasteiger partial charge in [-0.15, -0.1) is 11.8 Å². The SMILES string of the molecule is CC1CC(=O)Nc2cc(S(=O)(=O)CCC(=O)Nc3ccccc3)ccc2S1. The topological polar surface area (TPSA) is 92.3 Å². The van der Waals surface area contributed by atoms with E-state index in [4.69, 9.17) is 0 Å². The molecule has 6 nitrogen and oxygen atoms in total. The summed E-state index contributed by atoms with van der Waals surface area (Å²) in [6.07, 6.45) is 0.230. The number of amides is 2. The molecule has 2 aromatic carbocycles. The van der Waals surface area contributed by atoms with Gasteiger partial charge in [-0.3, -0.25) is 9.59 Å². The molecule has 0 aliphatic carbocycles. The Hall–Kier alpha value is -2.32. The summed E-state index contributed by atoms with van der Waals surface area (Å²) in [5.74, 6) is -0.801. The van der Waals surface area contributed by atoms with Crippen LogP contribution in [0.15, 0.2) is 58.3 Å². The van der Waals surface area contributed by atoms with Crippen molar-refractivity contribution >= 4 is 44.8 Å². The van der Waals surface area contributed by atoms with Crippen LogP contribution in [0.1, 0.15) is 19.8 Å². The first-order chi connectivity index (χ1) is 12.8. The quantitative estimate of drug-likeness (QED) is 0.798. The molecule has 0 fully saturated rings. The second-order valence-electron chi connectivity index (χ2n) is 6.32. The van der Waals surface area contributed by atoms with Crippen LogP contribution in [0, 0.1) is 0 Å². The lowest BCUT2D eigenvalue weighted by atomic mass is 10.3. The monoisotopic (exact) mass is 404 g/mol. The number of fused-ring (bicyclic) bond motifs is 1. The summed E-state index contributed by atoms with van der Waals surface area (Å²) in [5.41, 5.74) is 1.13. The average molecular weight is 405 g/mol. The van der Waals surface area contributed by atoms with Gasteiger partial charge in [0.05, 0.1) is 16.3 Å². The highest BCUT2D eigenvalue weighted by Gasteiger charge is 2.22. The second kappa shape index (κ2) is 8.14. The van der Waals surface area contributed by atoms with Gasteiger partial charge in [-0.2, -0.15) is 0 Å². The van der Waals surface area contributed by atoms with Gasteiger partial charge < -0.3 is 10.6 Å². The molecule has 0 saturated heterocycles. The third-order valence-electron chi connectivity index (χ3n) is 4.04. The highest BCUT2D eigenvalue weighted by Crippen LogP contribution is 2.36. The number of para-hydroxylation sites is 1. The lowest BCUT2D eigenvalue weighted by Crippen LogP contribution is -2.17. The molecule has 27 heavy (non-hydrogen) atoms. The molecule has 1 heterocycles. The molecule has 0 saturated carbocycles. The second-order valence-corrected chi connectivity index (χ2v) is 9.91. The molecule has 142 valence electrons. The van der Waals surface area contributed by atoms with E-state index in [1.54, 1.807) is 30.3 Å². The molecule has 1 unspecified atom stereocenters. The number of anilines is 2. The van der Waals surface area contributed by atoms with Crippen molar-refractivity contribution in [2.45, 2.75) is 34.8 Å². The zero-order valence-electron chi connectivity index (χ0n) is 14.8. The Morgan fingerprint density at radius 3 is 2.70 bits per heavy atom. The fourth-order valence-electron chi connectivity index (χ4n) is 2.71. The Kier molecular flexibility index (Phi) is 5.86. The van der Waals surface area contributed by atoms with Crippen LogP contribution in [0.3, 0.4) is 0 Å². The Balaban J connectivity index is 1.70. The molecule has 1 aliphatic heterocycles. The van der Waals surface area contributed by atoms with Gasteiger partial charge in [-0.05, 0) is 30.3 Å². The van der Waals surface area contributed by atoms with Crippen LogP contribution < -0.4 is 10.6 Å². The van der Waals surface area contributed by atoms with E-state index in [-0.39, 0.29) is 34.1 Å². The van der Waals surface area contributed by atoms with E-state index in [2.05, 4.69) is 10.6 Å². The number of nitrogens with one attached hydrogen (secondary N) is 2. The van der Waals surface area contributed by atoms with E-state index in [1.807, 2.05) is 13.0 Å². The maximum absolute atomic E-state index is 12.6. The number of benzene rings is 2. The standard InChI is InChI=1S/C19H20N2O4S2/c1-13-11-19(23)21-16-12-15(7-8-17(16)26-13)27(24,25)10-9-18(22)20-14-5-3-2-4-6-14/h2-8,12-13H,9-11H2,1H3,(H,20,22)(H,21,23). The Morgan fingerprint density at radius 1 is 1.22 bits per heavy atom. The van der Waals surface area contributed by atoms with E-state index in [1.165, 1.54) is 23.9 Å². The molecular weight excluding hydrogens is 384 g/mol. The van der Waals surface area contributed by atoms with E-state index >= 15 is 0 Å². The van der Waals surface area contributed by atoms with Crippen LogP contribution in [-0.4, -0.2) is 31.2 Å². The molecule has 0 bridgehead atoms. The van der Waals surface area contributed by atoms with Gasteiger partial charge >= 0.3 is 0 Å². The first kappa shape index (κ1) is 19.4. The first-order valence-electron chi connectivity index (χ1n) is 8.52. The number of hydrogen-bond acceptors (Lipinski definition) is 5. The lowest BCUT2D eigenvalue weighted by Gasteiger charge is -2.11. The van der Waals surface area contributed by atoms with Crippen LogP contribution in [-0.2, 0) is 19.4 Å². The largest absolute Gasteiger partial charge is 0.326 e. The first-order valence-corrected chi connectivity index (χ1v) is 11.0. The van der Waals surface area contributed by atoms with Gasteiger partial charge in [0.1, 0.15) is 0 Å². The Morgan fingerprint density at radius 2 is 1.96 bits per heavy atom. The minimum Gasteiger partial charge on any atom is -0.326 e. The predicted molar refractivity (Wildman–Crippen MR) is 107 cm³/mol. The van der Waals surface area contributed by atoms with Gasteiger partial charge in [0.2, 0.25) is 11.8 Å². The smallest absolute Gasteiger partial charge is 0.225 e. The molecule has 2 amide bonds. The van der Waals surface area contributed by atoms with Crippen molar-refractivity contribution in [3.63, 3.8) is 0 Å². The predicted octanol–water partition coefficient (Wildman–Crippen LogP) is 3.31. The summed E-state index contributed by atoms with van der Waals surface area (Å²) in [7, 11) is -3.65. The summed E-state index contributed by atoms with van der Waals surface area (Å²) in [6.45, 7) is 1.95. The maximum Gasteiger partial charge on any atom is 0.225 e. The molecule has 2 aromatic rings. The lowest BCUT2D eigenvalue weighted by molar-refractivity contribution is -0.116. The van der Waals surface area contributed by atoms with Gasteiger partial charge in [0.25, 0.3) is 0 Å². The van der Waals surface area contributed by atoms with Crippen molar-refractivity contribution in [2.75, 3.05) is 16.4 Å². The van der Waals surface area contributed by atoms with E-state index in [9.17, 15) is 18.0 Å². The molecular formula is C19H20N2O4S2. The van der Waals surface area contributed by atoms with E-state index < -0.39 is 9.84 Å². The van der Waals surface area contributed by atoms with Crippen molar-refractivity contribution in [3.05, 3.63) is 48.5 Å². The number of hydrogen-bond donors (Lipinski definition) is 2. The summed E-state index contributed by atoms with van der Waals surface area (Å²) in [6, 6.07) is 13.6. The van der Waals surface area contributed by atoms with Gasteiger partial charge in [-0.1, -0.05) is 25.1 Å². The molecule has 3 rings (SSSR count). The fourth-order valence-corrected chi connectivity index (χ4v) is 5.03. The van der Waals surface area contributed by atoms with Crippen LogP contribution in [0.25, 0.3) is 0 Å². The highest BCUT2D eigenvalue weighted by atomic mass is 32.2. The number of carbonyl (C=O) groups is 2. The number of thioether (sulfide) groups is 1. The average Bonchev–Trinajstić information content (AvgIpc) is 2.76. The molecule has 1 atom stereocenters. The minimum absolute atomic E-state index is 0.101. The zero-order valence-corrected chi connectivity index (χ0v) is 16.4. The third kappa shape index (κ3) is 5.11. The van der Waals surface area contributed by atoms with Crippen molar-refractivity contribution in [3.8, 4) is 0 Å². The molecule has 0 aromatic heterocycles. The van der Waals surface area contributed by atoms with Crippen LogP contribution in [0.5, 0.6) is 0 Å². The summed E-state index contributed by atoms with van der Waals surface area (Å²) < 4.78 is 25.2. The minimum atomic E-state index is -3.65. The molecule has 2 N–H and O–H groups in total. The zero-order chi connectivity index (χ0) is 19.4. The van der Waals surface area contributed by atoms with E-state index in [0.717, 1.165) is 4.90 Å². The summed E-state index contributed by atoms with van der Waals surface area (Å²) >= 11 is 1.53.